The van der Waals surface area contributed by atoms with Crippen molar-refractivity contribution in [3.05, 3.63) is 53.7 Å². The van der Waals surface area contributed by atoms with Gasteiger partial charge in [0.25, 0.3) is 5.91 Å². The molecule has 110 valence electrons. The lowest BCUT2D eigenvalue weighted by Crippen LogP contribution is -2.24. The minimum absolute atomic E-state index is 0.151. The Morgan fingerprint density at radius 2 is 2.14 bits per heavy atom. The van der Waals surface area contributed by atoms with Crippen molar-refractivity contribution < 1.29 is 9.53 Å². The fourth-order valence-corrected chi connectivity index (χ4v) is 1.96. The van der Waals surface area contributed by atoms with E-state index in [1.54, 1.807) is 25.4 Å². The molecule has 0 saturated carbocycles. The lowest BCUT2D eigenvalue weighted by Gasteiger charge is -2.10. The van der Waals surface area contributed by atoms with Gasteiger partial charge in [-0.15, -0.1) is 0 Å². The zero-order valence-electron chi connectivity index (χ0n) is 12.2. The Morgan fingerprint density at radius 3 is 2.90 bits per heavy atom. The Kier molecular flexibility index (Phi) is 5.15. The molecule has 5 nitrogen and oxygen atoms in total. The number of benzene rings is 1. The molecule has 1 aromatic carbocycles. The maximum Gasteiger partial charge on any atom is 0.255 e. The summed E-state index contributed by atoms with van der Waals surface area (Å²) in [6, 6.07) is 11.1. The van der Waals surface area contributed by atoms with E-state index >= 15 is 0 Å². The van der Waals surface area contributed by atoms with Crippen molar-refractivity contribution in [2.24, 2.45) is 0 Å². The summed E-state index contributed by atoms with van der Waals surface area (Å²) in [4.78, 5) is 16.4. The van der Waals surface area contributed by atoms with Gasteiger partial charge < -0.3 is 15.4 Å². The van der Waals surface area contributed by atoms with Gasteiger partial charge in [0.2, 0.25) is 0 Å². The minimum Gasteiger partial charge on any atom is -0.497 e. The normalized spacial score (nSPS) is 10.0. The second-order valence-electron chi connectivity index (χ2n) is 4.46. The molecular weight excluding hydrogens is 266 g/mol. The fourth-order valence-electron chi connectivity index (χ4n) is 1.96. The quantitative estimate of drug-likeness (QED) is 0.855. The Balaban J connectivity index is 2.04. The number of hydrogen-bond acceptors (Lipinski definition) is 4. The molecule has 21 heavy (non-hydrogen) atoms. The van der Waals surface area contributed by atoms with Crippen molar-refractivity contribution in [1.29, 1.82) is 0 Å². The van der Waals surface area contributed by atoms with Crippen LogP contribution in [0.25, 0.3) is 0 Å². The summed E-state index contributed by atoms with van der Waals surface area (Å²) in [5.74, 6) is 1.22. The predicted octanol–water partition coefficient (Wildman–Crippen LogP) is 2.45. The minimum atomic E-state index is -0.151. The lowest BCUT2D eigenvalue weighted by atomic mass is 10.2. The maximum absolute atomic E-state index is 12.2. The van der Waals surface area contributed by atoms with E-state index in [1.807, 2.05) is 31.2 Å². The first-order valence-electron chi connectivity index (χ1n) is 6.84. The number of hydrogen-bond donors (Lipinski definition) is 2. The number of anilines is 1. The van der Waals surface area contributed by atoms with Crippen LogP contribution < -0.4 is 15.4 Å². The van der Waals surface area contributed by atoms with Crippen LogP contribution in [0.3, 0.4) is 0 Å². The summed E-state index contributed by atoms with van der Waals surface area (Å²) in [5, 5.41) is 5.97. The van der Waals surface area contributed by atoms with Crippen LogP contribution in [0.2, 0.25) is 0 Å². The number of methoxy groups -OCH3 is 1. The molecule has 2 aromatic rings. The van der Waals surface area contributed by atoms with E-state index in [0.717, 1.165) is 11.3 Å². The summed E-state index contributed by atoms with van der Waals surface area (Å²) in [6.45, 7) is 3.12. The molecule has 0 fully saturated rings. The van der Waals surface area contributed by atoms with E-state index in [-0.39, 0.29) is 5.91 Å². The van der Waals surface area contributed by atoms with E-state index in [4.69, 9.17) is 4.74 Å². The molecule has 0 aliphatic carbocycles. The topological polar surface area (TPSA) is 63.2 Å². The number of nitrogens with zero attached hydrogens (tertiary/aromatic N) is 1. The molecule has 0 aliphatic heterocycles. The Hall–Kier alpha value is -2.56. The van der Waals surface area contributed by atoms with Gasteiger partial charge in [-0.2, -0.15) is 0 Å². The van der Waals surface area contributed by atoms with Gasteiger partial charge in [0.15, 0.2) is 0 Å². The van der Waals surface area contributed by atoms with Gasteiger partial charge in [-0.25, -0.2) is 4.98 Å². The van der Waals surface area contributed by atoms with E-state index in [0.29, 0.717) is 24.5 Å². The Morgan fingerprint density at radius 1 is 1.29 bits per heavy atom. The molecule has 0 aliphatic rings. The molecule has 0 spiro atoms. The molecule has 5 heteroatoms. The highest BCUT2D eigenvalue weighted by Gasteiger charge is 2.11. The highest BCUT2D eigenvalue weighted by molar-refractivity contribution is 5.98. The Labute approximate surface area is 124 Å². The molecule has 1 aromatic heterocycles. The summed E-state index contributed by atoms with van der Waals surface area (Å²) in [5.41, 5.74) is 1.53. The van der Waals surface area contributed by atoms with E-state index < -0.39 is 0 Å². The SMILES string of the molecule is CCNc1ncccc1C(=O)NCc1cccc(OC)c1. The van der Waals surface area contributed by atoms with Crippen LogP contribution in [0, 0.1) is 0 Å². The first-order chi connectivity index (χ1) is 10.2. The van der Waals surface area contributed by atoms with Crippen molar-refractivity contribution >= 4 is 11.7 Å². The van der Waals surface area contributed by atoms with Gasteiger partial charge in [0.05, 0.1) is 12.7 Å². The second kappa shape index (κ2) is 7.28. The molecule has 2 N–H and O–H groups in total. The molecule has 0 saturated heterocycles. The molecular formula is C16H19N3O2. The highest BCUT2D eigenvalue weighted by Crippen LogP contribution is 2.14. The van der Waals surface area contributed by atoms with Crippen LogP contribution in [0.4, 0.5) is 5.82 Å². The third-order valence-corrected chi connectivity index (χ3v) is 2.98. The summed E-state index contributed by atoms with van der Waals surface area (Å²) < 4.78 is 5.16. The number of aromatic nitrogens is 1. The van der Waals surface area contributed by atoms with Crippen LogP contribution in [-0.2, 0) is 6.54 Å². The van der Waals surface area contributed by atoms with Crippen LogP contribution in [0.1, 0.15) is 22.8 Å². The number of rotatable bonds is 6. The maximum atomic E-state index is 12.2. The van der Waals surface area contributed by atoms with Crippen molar-refractivity contribution in [3.8, 4) is 5.75 Å². The Bertz CT molecular complexity index is 614. The van der Waals surface area contributed by atoms with Gasteiger partial charge in [0.1, 0.15) is 11.6 Å². The average Bonchev–Trinajstić information content (AvgIpc) is 2.53. The molecule has 0 radical (unpaired) electrons. The third-order valence-electron chi connectivity index (χ3n) is 2.98. The number of carbonyl (C=O) groups is 1. The average molecular weight is 285 g/mol. The van der Waals surface area contributed by atoms with Crippen molar-refractivity contribution in [1.82, 2.24) is 10.3 Å². The largest absolute Gasteiger partial charge is 0.497 e. The molecule has 1 heterocycles. The van der Waals surface area contributed by atoms with E-state index in [9.17, 15) is 4.79 Å². The van der Waals surface area contributed by atoms with E-state index in [2.05, 4.69) is 15.6 Å². The second-order valence-corrected chi connectivity index (χ2v) is 4.46. The molecule has 0 unspecified atom stereocenters. The lowest BCUT2D eigenvalue weighted by molar-refractivity contribution is 0.0951. The number of amides is 1. The fraction of sp³-hybridized carbons (Fsp3) is 0.250. The third kappa shape index (κ3) is 3.95. The molecule has 0 atom stereocenters. The van der Waals surface area contributed by atoms with Crippen molar-refractivity contribution in [3.63, 3.8) is 0 Å². The van der Waals surface area contributed by atoms with Crippen LogP contribution >= 0.6 is 0 Å². The van der Waals surface area contributed by atoms with Gasteiger partial charge in [-0.1, -0.05) is 12.1 Å². The zero-order chi connectivity index (χ0) is 15.1. The highest BCUT2D eigenvalue weighted by atomic mass is 16.5. The van der Waals surface area contributed by atoms with Gasteiger partial charge in [-0.05, 0) is 36.8 Å². The zero-order valence-corrected chi connectivity index (χ0v) is 12.2. The summed E-state index contributed by atoms with van der Waals surface area (Å²) >= 11 is 0. The van der Waals surface area contributed by atoms with Crippen molar-refractivity contribution in [2.45, 2.75) is 13.5 Å². The summed E-state index contributed by atoms with van der Waals surface area (Å²) in [6.07, 6.45) is 1.66. The number of pyridine rings is 1. The molecule has 1 amide bonds. The number of ether oxygens (including phenoxy) is 1. The standard InChI is InChI=1S/C16H19N3O2/c1-3-17-15-14(8-5-9-18-15)16(20)19-11-12-6-4-7-13(10-12)21-2/h4-10H,3,11H2,1-2H3,(H,17,18)(H,19,20). The smallest absolute Gasteiger partial charge is 0.255 e. The number of carbonyl (C=O) groups excluding carboxylic acids is 1. The molecule has 0 bridgehead atoms. The van der Waals surface area contributed by atoms with Gasteiger partial charge in [0, 0.05) is 19.3 Å². The first-order valence-corrected chi connectivity index (χ1v) is 6.84. The predicted molar refractivity (Wildman–Crippen MR) is 82.6 cm³/mol. The van der Waals surface area contributed by atoms with Gasteiger partial charge in [-0.3, -0.25) is 4.79 Å². The van der Waals surface area contributed by atoms with Gasteiger partial charge >= 0.3 is 0 Å². The van der Waals surface area contributed by atoms with Crippen LogP contribution in [0.5, 0.6) is 5.75 Å². The van der Waals surface area contributed by atoms with Crippen LogP contribution in [-0.4, -0.2) is 24.5 Å². The van der Waals surface area contributed by atoms with Crippen molar-refractivity contribution in [2.75, 3.05) is 19.0 Å². The monoisotopic (exact) mass is 285 g/mol. The first kappa shape index (κ1) is 14.8. The van der Waals surface area contributed by atoms with Crippen LogP contribution in [0.15, 0.2) is 42.6 Å². The van der Waals surface area contributed by atoms with E-state index in [1.165, 1.54) is 0 Å². The summed E-state index contributed by atoms with van der Waals surface area (Å²) in [7, 11) is 1.62. The molecule has 2 rings (SSSR count). The number of nitrogens with one attached hydrogen (secondary N) is 2.